The molecule has 0 aliphatic carbocycles. The minimum atomic E-state index is 0.756. The first-order valence-electron chi connectivity index (χ1n) is 3.63. The summed E-state index contributed by atoms with van der Waals surface area (Å²) < 4.78 is 7.64. The smallest absolute Gasteiger partial charge is 0.146 e. The fourth-order valence-electron chi connectivity index (χ4n) is 1.24. The summed E-state index contributed by atoms with van der Waals surface area (Å²) in [5, 5.41) is 0.999. The third-order valence-electron chi connectivity index (χ3n) is 1.84. The van der Waals surface area contributed by atoms with E-state index in [4.69, 9.17) is 4.74 Å². The fraction of sp³-hybridized carbons (Fsp3) is 0.125. The number of ether oxygens (including phenoxy) is 1. The molecule has 3 nitrogen and oxygen atoms in total. The molecule has 0 fully saturated rings. The van der Waals surface area contributed by atoms with Gasteiger partial charge in [-0.2, -0.15) is 0 Å². The Kier molecular flexibility index (Phi) is 2.21. The molecule has 2 rings (SSSR count). The molecule has 2 aromatic rings. The van der Waals surface area contributed by atoms with Crippen LogP contribution in [0.25, 0.3) is 10.9 Å². The molecule has 0 aliphatic rings. The first-order valence-corrected chi connectivity index (χ1v) is 4.82. The highest BCUT2D eigenvalue weighted by Gasteiger charge is 2.08. The first-order chi connectivity index (χ1) is 6.24. The summed E-state index contributed by atoms with van der Waals surface area (Å²) in [6.45, 7) is 0. The van der Waals surface area contributed by atoms with Crippen molar-refractivity contribution in [3.05, 3.63) is 23.1 Å². The molecule has 0 aromatic carbocycles. The Labute approximate surface area is 89.4 Å². The third kappa shape index (κ3) is 1.32. The van der Waals surface area contributed by atoms with Crippen molar-refractivity contribution in [1.29, 1.82) is 0 Å². The van der Waals surface area contributed by atoms with Gasteiger partial charge in [0, 0.05) is 11.6 Å². The van der Waals surface area contributed by atoms with Crippen LogP contribution in [0.5, 0.6) is 5.75 Å². The van der Waals surface area contributed by atoms with E-state index < -0.39 is 0 Å². The standard InChI is InChI=1S/C8H7BrN2OS/c1-12-6-4-10-8(9)7-5(6)2-3-11(7)13/h2-4,13H,1H3. The van der Waals surface area contributed by atoms with E-state index in [1.165, 1.54) is 0 Å². The van der Waals surface area contributed by atoms with Crippen LogP contribution in [0.15, 0.2) is 23.1 Å². The molecule has 0 spiro atoms. The Morgan fingerprint density at radius 1 is 1.62 bits per heavy atom. The van der Waals surface area contributed by atoms with Crippen molar-refractivity contribution in [2.75, 3.05) is 7.11 Å². The van der Waals surface area contributed by atoms with E-state index in [1.807, 2.05) is 12.3 Å². The van der Waals surface area contributed by atoms with Crippen molar-refractivity contribution in [2.45, 2.75) is 0 Å². The van der Waals surface area contributed by atoms with E-state index in [-0.39, 0.29) is 0 Å². The Morgan fingerprint density at radius 3 is 3.08 bits per heavy atom. The summed E-state index contributed by atoms with van der Waals surface area (Å²) >= 11 is 7.60. The summed E-state index contributed by atoms with van der Waals surface area (Å²) in [5.41, 5.74) is 0.919. The van der Waals surface area contributed by atoms with Crippen LogP contribution in [0.2, 0.25) is 0 Å². The molecule has 0 aliphatic heterocycles. The van der Waals surface area contributed by atoms with Crippen molar-refractivity contribution in [1.82, 2.24) is 8.96 Å². The van der Waals surface area contributed by atoms with Gasteiger partial charge in [-0.25, -0.2) is 4.98 Å². The molecule has 0 atom stereocenters. The van der Waals surface area contributed by atoms with Gasteiger partial charge in [-0.1, -0.05) is 12.8 Å². The van der Waals surface area contributed by atoms with Crippen molar-refractivity contribution < 1.29 is 4.74 Å². The largest absolute Gasteiger partial charge is 0.494 e. The maximum absolute atomic E-state index is 5.17. The molecule has 0 unspecified atom stereocenters. The molecule has 0 saturated carbocycles. The molecule has 0 N–H and O–H groups in total. The summed E-state index contributed by atoms with van der Waals surface area (Å²) in [6, 6.07) is 1.94. The number of hydrogen-bond donors (Lipinski definition) is 1. The van der Waals surface area contributed by atoms with Gasteiger partial charge >= 0.3 is 0 Å². The van der Waals surface area contributed by atoms with Crippen LogP contribution >= 0.6 is 28.7 Å². The summed E-state index contributed by atoms with van der Waals surface area (Å²) in [7, 11) is 1.63. The zero-order valence-corrected chi connectivity index (χ0v) is 9.34. The van der Waals surface area contributed by atoms with Crippen LogP contribution in [-0.2, 0) is 0 Å². The van der Waals surface area contributed by atoms with Gasteiger partial charge in [-0.05, 0) is 22.0 Å². The molecule has 0 saturated heterocycles. The van der Waals surface area contributed by atoms with E-state index >= 15 is 0 Å². The number of fused-ring (bicyclic) bond motifs is 1. The maximum Gasteiger partial charge on any atom is 0.146 e. The van der Waals surface area contributed by atoms with E-state index in [1.54, 1.807) is 17.3 Å². The van der Waals surface area contributed by atoms with Gasteiger partial charge < -0.3 is 4.74 Å². The molecular formula is C8H7BrN2OS. The van der Waals surface area contributed by atoms with E-state index in [9.17, 15) is 0 Å². The van der Waals surface area contributed by atoms with Crippen molar-refractivity contribution in [2.24, 2.45) is 0 Å². The van der Waals surface area contributed by atoms with Crippen LogP contribution < -0.4 is 4.74 Å². The van der Waals surface area contributed by atoms with Gasteiger partial charge in [-0.3, -0.25) is 3.97 Å². The first kappa shape index (κ1) is 8.90. The van der Waals surface area contributed by atoms with Crippen molar-refractivity contribution in [3.8, 4) is 5.75 Å². The predicted octanol–water partition coefficient (Wildman–Crippen LogP) is 2.50. The van der Waals surface area contributed by atoms with Crippen LogP contribution in [0.1, 0.15) is 0 Å². The van der Waals surface area contributed by atoms with Crippen LogP contribution in [-0.4, -0.2) is 16.1 Å². The Morgan fingerprint density at radius 2 is 2.38 bits per heavy atom. The van der Waals surface area contributed by atoms with Crippen molar-refractivity contribution in [3.63, 3.8) is 0 Å². The summed E-state index contributed by atoms with van der Waals surface area (Å²) in [6.07, 6.45) is 3.53. The Hall–Kier alpha value is -0.680. The maximum atomic E-state index is 5.17. The molecule has 2 heterocycles. The highest BCUT2D eigenvalue weighted by Crippen LogP contribution is 2.30. The van der Waals surface area contributed by atoms with Crippen LogP contribution in [0.4, 0.5) is 0 Å². The highest BCUT2D eigenvalue weighted by molar-refractivity contribution is 9.10. The number of halogens is 1. The monoisotopic (exact) mass is 258 g/mol. The van der Waals surface area contributed by atoms with Crippen LogP contribution in [0, 0.1) is 0 Å². The fourth-order valence-corrected chi connectivity index (χ4v) is 2.15. The lowest BCUT2D eigenvalue weighted by Crippen LogP contribution is -1.88. The Bertz CT molecular complexity index is 455. The molecule has 0 amide bonds. The van der Waals surface area contributed by atoms with E-state index in [2.05, 4.69) is 33.7 Å². The normalized spacial score (nSPS) is 10.7. The molecule has 0 bridgehead atoms. The zero-order valence-electron chi connectivity index (χ0n) is 6.86. The zero-order chi connectivity index (χ0) is 9.42. The molecule has 13 heavy (non-hydrogen) atoms. The van der Waals surface area contributed by atoms with Gasteiger partial charge in [0.2, 0.25) is 0 Å². The second-order valence-corrected chi connectivity index (χ2v) is 3.72. The quantitative estimate of drug-likeness (QED) is 0.629. The molecule has 5 heteroatoms. The number of aromatic nitrogens is 2. The van der Waals surface area contributed by atoms with Gasteiger partial charge in [0.1, 0.15) is 10.4 Å². The topological polar surface area (TPSA) is 27.1 Å². The molecular weight excluding hydrogens is 252 g/mol. The average Bonchev–Trinajstić information content (AvgIpc) is 2.50. The van der Waals surface area contributed by atoms with Gasteiger partial charge in [-0.15, -0.1) is 0 Å². The average molecular weight is 259 g/mol. The van der Waals surface area contributed by atoms with E-state index in [0.717, 1.165) is 21.3 Å². The van der Waals surface area contributed by atoms with Gasteiger partial charge in [0.05, 0.1) is 18.8 Å². The van der Waals surface area contributed by atoms with E-state index in [0.29, 0.717) is 0 Å². The lowest BCUT2D eigenvalue weighted by atomic mass is 10.3. The van der Waals surface area contributed by atoms with Crippen molar-refractivity contribution >= 4 is 39.6 Å². The SMILES string of the molecule is COc1cnc(Br)c2c1ccn2S. The number of hydrogen-bond acceptors (Lipinski definition) is 3. The molecule has 0 radical (unpaired) electrons. The second kappa shape index (κ2) is 3.23. The lowest BCUT2D eigenvalue weighted by Gasteiger charge is -2.02. The van der Waals surface area contributed by atoms with Crippen LogP contribution in [0.3, 0.4) is 0 Å². The highest BCUT2D eigenvalue weighted by atomic mass is 79.9. The van der Waals surface area contributed by atoms with Gasteiger partial charge in [0.15, 0.2) is 0 Å². The third-order valence-corrected chi connectivity index (χ3v) is 2.76. The summed E-state index contributed by atoms with van der Waals surface area (Å²) in [5.74, 6) is 0.756. The minimum Gasteiger partial charge on any atom is -0.494 e. The molecule has 68 valence electrons. The Balaban J connectivity index is 2.87. The second-order valence-electron chi connectivity index (χ2n) is 2.54. The number of nitrogens with zero attached hydrogens (tertiary/aromatic N) is 2. The predicted molar refractivity (Wildman–Crippen MR) is 58.4 cm³/mol. The lowest BCUT2D eigenvalue weighted by molar-refractivity contribution is 0.418. The van der Waals surface area contributed by atoms with Gasteiger partial charge in [0.25, 0.3) is 0 Å². The summed E-state index contributed by atoms with van der Waals surface area (Å²) in [4.78, 5) is 4.13. The number of rotatable bonds is 1. The number of pyridine rings is 1. The molecule has 2 aromatic heterocycles. The number of methoxy groups -OCH3 is 1. The minimum absolute atomic E-state index is 0.756. The number of thiol groups is 1.